The molecule has 1 nitrogen and oxygen atoms in total. The highest BCUT2D eigenvalue weighted by molar-refractivity contribution is 5.14. The fourth-order valence-corrected chi connectivity index (χ4v) is 2.79. The Hall–Kier alpha value is -0.720. The van der Waals surface area contributed by atoms with Crippen molar-refractivity contribution in [1.29, 1.82) is 0 Å². The van der Waals surface area contributed by atoms with Crippen LogP contribution < -0.4 is 0 Å². The van der Waals surface area contributed by atoms with Crippen molar-refractivity contribution in [3.8, 4) is 0 Å². The van der Waals surface area contributed by atoms with E-state index in [-0.39, 0.29) is 0 Å². The Kier molecular flexibility index (Phi) is 10.4. The van der Waals surface area contributed by atoms with Crippen molar-refractivity contribution in [3.05, 3.63) is 23.7 Å². The van der Waals surface area contributed by atoms with Gasteiger partial charge in [-0.3, -0.25) is 0 Å². The van der Waals surface area contributed by atoms with Crippen molar-refractivity contribution in [1.82, 2.24) is 0 Å². The van der Waals surface area contributed by atoms with E-state index < -0.39 is 0 Å². The van der Waals surface area contributed by atoms with Crippen LogP contribution in [0.15, 0.2) is 16.7 Å². The summed E-state index contributed by atoms with van der Waals surface area (Å²) in [5.41, 5.74) is 1.31. The summed E-state index contributed by atoms with van der Waals surface area (Å²) < 4.78 is 5.46. The van der Waals surface area contributed by atoms with Gasteiger partial charge >= 0.3 is 0 Å². The molecular formula is C19H34O. The van der Waals surface area contributed by atoms with Crippen LogP contribution in [-0.4, -0.2) is 0 Å². The third-order valence-electron chi connectivity index (χ3n) is 4.23. The van der Waals surface area contributed by atoms with E-state index in [4.69, 9.17) is 4.42 Å². The van der Waals surface area contributed by atoms with E-state index in [1.165, 1.54) is 88.4 Å². The highest BCUT2D eigenvalue weighted by atomic mass is 16.3. The highest BCUT2D eigenvalue weighted by Crippen LogP contribution is 2.15. The van der Waals surface area contributed by atoms with Gasteiger partial charge < -0.3 is 4.42 Å². The van der Waals surface area contributed by atoms with Gasteiger partial charge in [-0.15, -0.1) is 0 Å². The molecule has 0 spiro atoms. The van der Waals surface area contributed by atoms with Gasteiger partial charge in [0, 0.05) is 6.42 Å². The molecule has 0 radical (unpaired) electrons. The first-order chi connectivity index (χ1) is 9.84. The van der Waals surface area contributed by atoms with Gasteiger partial charge in [-0.25, -0.2) is 0 Å². The Morgan fingerprint density at radius 3 is 1.70 bits per heavy atom. The van der Waals surface area contributed by atoms with Gasteiger partial charge in [0.15, 0.2) is 0 Å². The molecule has 0 bridgehead atoms. The van der Waals surface area contributed by atoms with Crippen LogP contribution in [0.5, 0.6) is 0 Å². The van der Waals surface area contributed by atoms with Crippen LogP contribution in [0.25, 0.3) is 0 Å². The third-order valence-corrected chi connectivity index (χ3v) is 4.23. The van der Waals surface area contributed by atoms with Crippen LogP contribution in [0, 0.1) is 6.92 Å². The van der Waals surface area contributed by atoms with E-state index in [0.717, 1.165) is 6.42 Å². The van der Waals surface area contributed by atoms with Crippen molar-refractivity contribution in [3.63, 3.8) is 0 Å². The summed E-state index contributed by atoms with van der Waals surface area (Å²) in [7, 11) is 0. The lowest BCUT2D eigenvalue weighted by Gasteiger charge is -2.03. The van der Waals surface area contributed by atoms with E-state index in [2.05, 4.69) is 19.9 Å². The summed E-state index contributed by atoms with van der Waals surface area (Å²) in [4.78, 5) is 0. The number of furan rings is 1. The average molecular weight is 278 g/mol. The lowest BCUT2D eigenvalue weighted by molar-refractivity contribution is 0.487. The SMILES string of the molecule is CCCCCCCCCCCCCCc1occc1C. The quantitative estimate of drug-likeness (QED) is 0.360. The van der Waals surface area contributed by atoms with Crippen molar-refractivity contribution in [2.75, 3.05) is 0 Å². The molecule has 0 aliphatic rings. The summed E-state index contributed by atoms with van der Waals surface area (Å²) >= 11 is 0. The molecule has 1 aromatic heterocycles. The fourth-order valence-electron chi connectivity index (χ4n) is 2.79. The summed E-state index contributed by atoms with van der Waals surface area (Å²) in [5, 5.41) is 0. The zero-order valence-corrected chi connectivity index (χ0v) is 13.8. The first-order valence-corrected chi connectivity index (χ1v) is 8.87. The fraction of sp³-hybridized carbons (Fsp3) is 0.789. The molecule has 0 N–H and O–H groups in total. The number of unbranched alkanes of at least 4 members (excludes halogenated alkanes) is 11. The smallest absolute Gasteiger partial charge is 0.106 e. The lowest BCUT2D eigenvalue weighted by Crippen LogP contribution is -1.86. The Bertz CT molecular complexity index is 313. The monoisotopic (exact) mass is 278 g/mol. The minimum Gasteiger partial charge on any atom is -0.469 e. The Morgan fingerprint density at radius 1 is 0.750 bits per heavy atom. The van der Waals surface area contributed by atoms with E-state index in [1.54, 1.807) is 0 Å². The maximum atomic E-state index is 5.46. The summed E-state index contributed by atoms with van der Waals surface area (Å²) in [6.45, 7) is 4.42. The van der Waals surface area contributed by atoms with Crippen LogP contribution in [0.2, 0.25) is 0 Å². The van der Waals surface area contributed by atoms with Gasteiger partial charge in [0.1, 0.15) is 5.76 Å². The van der Waals surface area contributed by atoms with Gasteiger partial charge in [-0.2, -0.15) is 0 Å². The predicted octanol–water partition coefficient (Wildman–Crippen LogP) is 6.83. The highest BCUT2D eigenvalue weighted by Gasteiger charge is 2.00. The molecule has 1 rings (SSSR count). The molecule has 0 aliphatic carbocycles. The molecule has 0 saturated heterocycles. The molecule has 0 aliphatic heterocycles. The van der Waals surface area contributed by atoms with Crippen LogP contribution in [0.1, 0.15) is 95.3 Å². The number of hydrogen-bond acceptors (Lipinski definition) is 1. The minimum atomic E-state index is 1.12. The maximum absolute atomic E-state index is 5.46. The molecule has 0 amide bonds. The van der Waals surface area contributed by atoms with Gasteiger partial charge in [0.2, 0.25) is 0 Å². The van der Waals surface area contributed by atoms with E-state index >= 15 is 0 Å². The molecule has 1 heteroatoms. The van der Waals surface area contributed by atoms with Crippen LogP contribution in [0.4, 0.5) is 0 Å². The summed E-state index contributed by atoms with van der Waals surface area (Å²) in [6.07, 6.45) is 19.9. The molecule has 116 valence electrons. The van der Waals surface area contributed by atoms with Gasteiger partial charge in [-0.05, 0) is 25.0 Å². The van der Waals surface area contributed by atoms with Gasteiger partial charge in [0.05, 0.1) is 6.26 Å². The van der Waals surface area contributed by atoms with Crippen LogP contribution in [0.3, 0.4) is 0 Å². The van der Waals surface area contributed by atoms with Crippen LogP contribution >= 0.6 is 0 Å². The maximum Gasteiger partial charge on any atom is 0.106 e. The Labute approximate surface area is 126 Å². The largest absolute Gasteiger partial charge is 0.469 e. The second kappa shape index (κ2) is 12.1. The Balaban J connectivity index is 1.78. The molecule has 0 unspecified atom stereocenters. The molecule has 1 aromatic rings. The first-order valence-electron chi connectivity index (χ1n) is 8.87. The average Bonchev–Trinajstić information content (AvgIpc) is 2.85. The van der Waals surface area contributed by atoms with E-state index in [0.29, 0.717) is 0 Å². The summed E-state index contributed by atoms with van der Waals surface area (Å²) in [5.74, 6) is 1.19. The normalized spacial score (nSPS) is 11.1. The van der Waals surface area contributed by atoms with Gasteiger partial charge in [0.25, 0.3) is 0 Å². The molecule has 1 heterocycles. The van der Waals surface area contributed by atoms with Crippen molar-refractivity contribution in [2.45, 2.75) is 97.3 Å². The molecule has 0 saturated carbocycles. The van der Waals surface area contributed by atoms with Gasteiger partial charge in [-0.1, -0.05) is 77.6 Å². The van der Waals surface area contributed by atoms with Crippen LogP contribution in [-0.2, 0) is 6.42 Å². The summed E-state index contributed by atoms with van der Waals surface area (Å²) in [6, 6.07) is 2.07. The molecule has 0 fully saturated rings. The Morgan fingerprint density at radius 2 is 1.25 bits per heavy atom. The number of hydrogen-bond donors (Lipinski definition) is 0. The minimum absolute atomic E-state index is 1.12. The topological polar surface area (TPSA) is 13.1 Å². The molecular weight excluding hydrogens is 244 g/mol. The zero-order chi connectivity index (χ0) is 14.5. The zero-order valence-electron chi connectivity index (χ0n) is 13.8. The van der Waals surface area contributed by atoms with Crippen molar-refractivity contribution < 1.29 is 4.42 Å². The third kappa shape index (κ3) is 8.45. The lowest BCUT2D eigenvalue weighted by atomic mass is 10.0. The van der Waals surface area contributed by atoms with E-state index in [1.807, 2.05) is 6.26 Å². The molecule has 0 atom stereocenters. The second-order valence-electron chi connectivity index (χ2n) is 6.17. The number of aryl methyl sites for hydroxylation is 2. The van der Waals surface area contributed by atoms with E-state index in [9.17, 15) is 0 Å². The van der Waals surface area contributed by atoms with Crippen molar-refractivity contribution in [2.24, 2.45) is 0 Å². The van der Waals surface area contributed by atoms with Crippen molar-refractivity contribution >= 4 is 0 Å². The number of rotatable bonds is 13. The first kappa shape index (κ1) is 17.3. The molecule has 20 heavy (non-hydrogen) atoms. The predicted molar refractivity (Wildman–Crippen MR) is 88.2 cm³/mol. The standard InChI is InChI=1S/C19H34O/c1-3-4-5-6-7-8-9-10-11-12-13-14-15-19-18(2)16-17-20-19/h16-17H,3-15H2,1-2H3. The second-order valence-corrected chi connectivity index (χ2v) is 6.17. The molecule has 0 aromatic carbocycles.